The van der Waals surface area contributed by atoms with Gasteiger partial charge in [0.1, 0.15) is 0 Å². The lowest BCUT2D eigenvalue weighted by atomic mass is 9.74. The summed E-state index contributed by atoms with van der Waals surface area (Å²) >= 11 is 0. The Kier molecular flexibility index (Phi) is 3.71. The molecule has 0 radical (unpaired) electrons. The van der Waals surface area contributed by atoms with E-state index in [1.165, 1.54) is 57.8 Å². The van der Waals surface area contributed by atoms with Crippen LogP contribution < -0.4 is 5.32 Å². The highest BCUT2D eigenvalue weighted by molar-refractivity contribution is 4.96. The number of hydrogen-bond acceptors (Lipinski definition) is 1. The minimum Gasteiger partial charge on any atom is -0.309 e. The van der Waals surface area contributed by atoms with Gasteiger partial charge in [0.2, 0.25) is 0 Å². The molecule has 2 rings (SSSR count). The van der Waals surface area contributed by atoms with Crippen LogP contribution >= 0.6 is 0 Å². The fourth-order valence-electron chi connectivity index (χ4n) is 3.53. The molecule has 15 heavy (non-hydrogen) atoms. The minimum atomic E-state index is 0.540. The normalized spacial score (nSPS) is 27.6. The van der Waals surface area contributed by atoms with Gasteiger partial charge in [-0.2, -0.15) is 0 Å². The molecule has 1 N–H and O–H groups in total. The van der Waals surface area contributed by atoms with Gasteiger partial charge in [-0.25, -0.2) is 0 Å². The van der Waals surface area contributed by atoms with Gasteiger partial charge in [0.25, 0.3) is 0 Å². The lowest BCUT2D eigenvalue weighted by molar-refractivity contribution is 0.152. The molecule has 0 amide bonds. The fourth-order valence-corrected chi connectivity index (χ4v) is 3.53. The van der Waals surface area contributed by atoms with E-state index in [0.717, 1.165) is 12.0 Å². The molecule has 1 atom stereocenters. The van der Waals surface area contributed by atoms with E-state index < -0.39 is 0 Å². The molecule has 2 aliphatic rings. The largest absolute Gasteiger partial charge is 0.309 e. The maximum Gasteiger partial charge on any atom is 0.0181 e. The minimum absolute atomic E-state index is 0.540. The average molecular weight is 209 g/mol. The first-order valence-corrected chi connectivity index (χ1v) is 7.02. The van der Waals surface area contributed by atoms with Crippen LogP contribution in [0.5, 0.6) is 0 Å². The Bertz CT molecular complexity index is 184. The summed E-state index contributed by atoms with van der Waals surface area (Å²) in [7, 11) is 0. The van der Waals surface area contributed by atoms with E-state index in [9.17, 15) is 0 Å². The monoisotopic (exact) mass is 209 g/mol. The first-order chi connectivity index (χ1) is 7.24. The molecule has 0 saturated heterocycles. The van der Waals surface area contributed by atoms with Gasteiger partial charge in [0.15, 0.2) is 0 Å². The predicted octanol–water partition coefficient (Wildman–Crippen LogP) is 3.88. The van der Waals surface area contributed by atoms with E-state index in [-0.39, 0.29) is 0 Å². The fraction of sp³-hybridized carbons (Fsp3) is 1.00. The summed E-state index contributed by atoms with van der Waals surface area (Å²) in [5, 5.41) is 3.91. The second-order valence-electron chi connectivity index (χ2n) is 5.92. The van der Waals surface area contributed by atoms with Crippen LogP contribution in [-0.4, -0.2) is 11.6 Å². The molecule has 2 aliphatic carbocycles. The molecule has 0 heterocycles. The molecule has 1 heteroatoms. The van der Waals surface area contributed by atoms with Crippen molar-refractivity contribution < 1.29 is 0 Å². The van der Waals surface area contributed by atoms with Crippen molar-refractivity contribution in [1.82, 2.24) is 5.32 Å². The maximum atomic E-state index is 3.91. The SMILES string of the molecule is CCC1(NC(C)CC2CCCC2)CCC1. The molecule has 0 spiro atoms. The van der Waals surface area contributed by atoms with Crippen molar-refractivity contribution in [2.75, 3.05) is 0 Å². The zero-order chi connectivity index (χ0) is 10.7. The van der Waals surface area contributed by atoms with Crippen molar-refractivity contribution >= 4 is 0 Å². The average Bonchev–Trinajstić information content (AvgIpc) is 2.64. The smallest absolute Gasteiger partial charge is 0.0181 e. The Morgan fingerprint density at radius 1 is 1.20 bits per heavy atom. The number of nitrogens with one attached hydrogen (secondary N) is 1. The highest BCUT2D eigenvalue weighted by Crippen LogP contribution is 2.36. The van der Waals surface area contributed by atoms with Crippen LogP contribution in [0.4, 0.5) is 0 Å². The van der Waals surface area contributed by atoms with Crippen molar-refractivity contribution in [3.63, 3.8) is 0 Å². The lowest BCUT2D eigenvalue weighted by Gasteiger charge is -2.44. The summed E-state index contributed by atoms with van der Waals surface area (Å²) in [5.74, 6) is 1.03. The van der Waals surface area contributed by atoms with Crippen LogP contribution in [0.25, 0.3) is 0 Å². The van der Waals surface area contributed by atoms with Gasteiger partial charge in [0, 0.05) is 11.6 Å². The molecule has 0 aromatic rings. The third kappa shape index (κ3) is 2.75. The Morgan fingerprint density at radius 3 is 2.33 bits per heavy atom. The summed E-state index contributed by atoms with van der Waals surface area (Å²) < 4.78 is 0. The Hall–Kier alpha value is -0.0400. The third-order valence-electron chi connectivity index (χ3n) is 4.70. The standard InChI is InChI=1S/C14H27N/c1-3-14(9-6-10-14)15-12(2)11-13-7-4-5-8-13/h12-13,15H,3-11H2,1-2H3. The van der Waals surface area contributed by atoms with Gasteiger partial charge in [-0.05, 0) is 44.9 Å². The first kappa shape index (κ1) is 11.4. The maximum absolute atomic E-state index is 3.91. The molecule has 1 unspecified atom stereocenters. The summed E-state index contributed by atoms with van der Waals surface area (Å²) in [6, 6.07) is 0.744. The molecule has 0 aliphatic heterocycles. The van der Waals surface area contributed by atoms with Crippen LogP contribution in [0.1, 0.15) is 71.6 Å². The van der Waals surface area contributed by atoms with Gasteiger partial charge < -0.3 is 5.32 Å². The van der Waals surface area contributed by atoms with Gasteiger partial charge in [-0.3, -0.25) is 0 Å². The molecule has 88 valence electrons. The molecule has 2 saturated carbocycles. The van der Waals surface area contributed by atoms with Crippen molar-refractivity contribution in [2.24, 2.45) is 5.92 Å². The first-order valence-electron chi connectivity index (χ1n) is 7.02. The molecular formula is C14H27N. The Labute approximate surface area is 95.0 Å². The topological polar surface area (TPSA) is 12.0 Å². The molecular weight excluding hydrogens is 182 g/mol. The summed E-state index contributed by atoms with van der Waals surface area (Å²) in [4.78, 5) is 0. The van der Waals surface area contributed by atoms with Crippen molar-refractivity contribution in [1.29, 1.82) is 0 Å². The zero-order valence-corrected chi connectivity index (χ0v) is 10.5. The predicted molar refractivity (Wildman–Crippen MR) is 66.0 cm³/mol. The molecule has 0 bridgehead atoms. The highest BCUT2D eigenvalue weighted by atomic mass is 15.0. The van der Waals surface area contributed by atoms with Crippen molar-refractivity contribution in [3.05, 3.63) is 0 Å². The van der Waals surface area contributed by atoms with Crippen molar-refractivity contribution in [2.45, 2.75) is 83.2 Å². The molecule has 1 nitrogen and oxygen atoms in total. The van der Waals surface area contributed by atoms with Crippen LogP contribution in [0, 0.1) is 5.92 Å². The second-order valence-corrected chi connectivity index (χ2v) is 5.92. The van der Waals surface area contributed by atoms with Crippen molar-refractivity contribution in [3.8, 4) is 0 Å². The molecule has 0 aromatic carbocycles. The van der Waals surface area contributed by atoms with E-state index in [4.69, 9.17) is 0 Å². The number of hydrogen-bond donors (Lipinski definition) is 1. The third-order valence-corrected chi connectivity index (χ3v) is 4.70. The summed E-state index contributed by atoms with van der Waals surface area (Å²) in [5.41, 5.74) is 0.540. The Morgan fingerprint density at radius 2 is 1.87 bits per heavy atom. The van der Waals surface area contributed by atoms with Crippen LogP contribution in [-0.2, 0) is 0 Å². The van der Waals surface area contributed by atoms with Gasteiger partial charge in [-0.15, -0.1) is 0 Å². The lowest BCUT2D eigenvalue weighted by Crippen LogP contribution is -2.54. The van der Waals surface area contributed by atoms with E-state index in [1.54, 1.807) is 0 Å². The highest BCUT2D eigenvalue weighted by Gasteiger charge is 2.36. The van der Waals surface area contributed by atoms with Crippen LogP contribution in [0.2, 0.25) is 0 Å². The Balaban J connectivity index is 1.73. The van der Waals surface area contributed by atoms with Gasteiger partial charge in [0.05, 0.1) is 0 Å². The van der Waals surface area contributed by atoms with E-state index in [1.807, 2.05) is 0 Å². The molecule has 2 fully saturated rings. The summed E-state index contributed by atoms with van der Waals surface area (Å²) in [6.07, 6.45) is 13.0. The molecule has 0 aromatic heterocycles. The van der Waals surface area contributed by atoms with Gasteiger partial charge >= 0.3 is 0 Å². The van der Waals surface area contributed by atoms with Crippen LogP contribution in [0.15, 0.2) is 0 Å². The quantitative estimate of drug-likeness (QED) is 0.724. The van der Waals surface area contributed by atoms with E-state index in [2.05, 4.69) is 19.2 Å². The van der Waals surface area contributed by atoms with Crippen LogP contribution in [0.3, 0.4) is 0 Å². The van der Waals surface area contributed by atoms with Gasteiger partial charge in [-0.1, -0.05) is 32.6 Å². The zero-order valence-electron chi connectivity index (χ0n) is 10.5. The second kappa shape index (κ2) is 4.86. The summed E-state index contributed by atoms with van der Waals surface area (Å²) in [6.45, 7) is 4.74. The van der Waals surface area contributed by atoms with E-state index in [0.29, 0.717) is 5.54 Å². The van der Waals surface area contributed by atoms with E-state index >= 15 is 0 Å². The number of rotatable bonds is 5.